The van der Waals surface area contributed by atoms with Crippen LogP contribution >= 0.6 is 0 Å². The maximum atomic E-state index is 5.39. The molecule has 1 aliphatic heterocycles. The fourth-order valence-corrected chi connectivity index (χ4v) is 0.997. The minimum absolute atomic E-state index is 0.186. The first-order chi connectivity index (χ1) is 5.20. The first kappa shape index (κ1) is 8.82. The van der Waals surface area contributed by atoms with E-state index < -0.39 is 0 Å². The predicted molar refractivity (Wildman–Crippen MR) is 46.3 cm³/mol. The summed E-state index contributed by atoms with van der Waals surface area (Å²) in [4.78, 5) is 0. The maximum Gasteiger partial charge on any atom is 0.485 e. The van der Waals surface area contributed by atoms with Crippen molar-refractivity contribution < 1.29 is 9.31 Å². The van der Waals surface area contributed by atoms with Crippen LogP contribution in [0.15, 0.2) is 12.6 Å². The molecule has 1 saturated heterocycles. The van der Waals surface area contributed by atoms with Gasteiger partial charge in [0.1, 0.15) is 0 Å². The van der Waals surface area contributed by atoms with Gasteiger partial charge in [-0.2, -0.15) is 0 Å². The summed E-state index contributed by atoms with van der Waals surface area (Å²) in [6, 6.07) is 0. The number of rotatable bonds is 2. The summed E-state index contributed by atoms with van der Waals surface area (Å²) in [6.07, 6.45) is 1.09. The van der Waals surface area contributed by atoms with Gasteiger partial charge < -0.3 is 9.31 Å². The standard InChI is InChI=1S/C8H15BO2/c1-4-8(3)6-10-9(5-2)11-7-8/h5H,2,4,6-7H2,1,3H3. The predicted octanol–water partition coefficient (Wildman–Crippen LogP) is 1.66. The molecule has 1 aliphatic rings. The second kappa shape index (κ2) is 3.41. The summed E-state index contributed by atoms with van der Waals surface area (Å²) in [5.74, 6) is 1.69. The van der Waals surface area contributed by atoms with Gasteiger partial charge in [-0.3, -0.25) is 0 Å². The van der Waals surface area contributed by atoms with E-state index in [2.05, 4.69) is 20.4 Å². The van der Waals surface area contributed by atoms with Crippen LogP contribution in [-0.4, -0.2) is 20.3 Å². The third kappa shape index (κ3) is 2.07. The summed E-state index contributed by atoms with van der Waals surface area (Å²) in [5, 5.41) is 0. The molecule has 0 spiro atoms. The Morgan fingerprint density at radius 3 is 2.45 bits per heavy atom. The molecule has 0 aliphatic carbocycles. The third-order valence-electron chi connectivity index (χ3n) is 2.24. The number of hydrogen-bond donors (Lipinski definition) is 0. The van der Waals surface area contributed by atoms with Crippen molar-refractivity contribution >= 4 is 7.12 Å². The monoisotopic (exact) mass is 154 g/mol. The van der Waals surface area contributed by atoms with Gasteiger partial charge in [0, 0.05) is 18.6 Å². The molecule has 1 heterocycles. The lowest BCUT2D eigenvalue weighted by Gasteiger charge is -2.34. The van der Waals surface area contributed by atoms with E-state index in [1.807, 2.05) is 0 Å². The first-order valence-corrected chi connectivity index (χ1v) is 4.06. The molecular formula is C8H15BO2. The summed E-state index contributed by atoms with van der Waals surface area (Å²) >= 11 is 0. The molecule has 0 aromatic carbocycles. The Labute approximate surface area is 68.7 Å². The Morgan fingerprint density at radius 1 is 1.55 bits per heavy atom. The fourth-order valence-electron chi connectivity index (χ4n) is 0.997. The summed E-state index contributed by atoms with van der Waals surface area (Å²) in [5.41, 5.74) is 0.208. The lowest BCUT2D eigenvalue weighted by molar-refractivity contribution is 0.0190. The maximum absolute atomic E-state index is 5.39. The van der Waals surface area contributed by atoms with E-state index in [0.717, 1.165) is 19.6 Å². The van der Waals surface area contributed by atoms with E-state index in [-0.39, 0.29) is 12.5 Å². The van der Waals surface area contributed by atoms with Crippen LogP contribution in [0.1, 0.15) is 20.3 Å². The van der Waals surface area contributed by atoms with Crippen LogP contribution in [0, 0.1) is 5.41 Å². The summed E-state index contributed by atoms with van der Waals surface area (Å²) < 4.78 is 10.8. The molecule has 0 aromatic rings. The van der Waals surface area contributed by atoms with Crippen molar-refractivity contribution in [2.75, 3.05) is 13.2 Å². The number of hydrogen-bond acceptors (Lipinski definition) is 2. The molecule has 2 nitrogen and oxygen atoms in total. The van der Waals surface area contributed by atoms with Crippen molar-refractivity contribution in [3.63, 3.8) is 0 Å². The van der Waals surface area contributed by atoms with Crippen LogP contribution in [0.25, 0.3) is 0 Å². The zero-order chi connectivity index (χ0) is 8.32. The van der Waals surface area contributed by atoms with Crippen LogP contribution in [0.2, 0.25) is 0 Å². The molecule has 0 aromatic heterocycles. The molecule has 0 N–H and O–H groups in total. The van der Waals surface area contributed by atoms with Crippen molar-refractivity contribution in [1.82, 2.24) is 0 Å². The highest BCUT2D eigenvalue weighted by Gasteiger charge is 2.32. The molecule has 0 atom stereocenters. The van der Waals surface area contributed by atoms with Gasteiger partial charge in [-0.1, -0.05) is 19.8 Å². The van der Waals surface area contributed by atoms with E-state index in [9.17, 15) is 0 Å². The molecule has 62 valence electrons. The summed E-state index contributed by atoms with van der Waals surface area (Å²) in [7, 11) is -0.186. The minimum atomic E-state index is -0.186. The largest absolute Gasteiger partial charge is 0.485 e. The lowest BCUT2D eigenvalue weighted by atomic mass is 9.82. The second-order valence-electron chi connectivity index (χ2n) is 3.39. The fraction of sp³-hybridized carbons (Fsp3) is 0.750. The van der Waals surface area contributed by atoms with Gasteiger partial charge in [0.15, 0.2) is 0 Å². The van der Waals surface area contributed by atoms with Gasteiger partial charge in [0.25, 0.3) is 0 Å². The average Bonchev–Trinajstić information content (AvgIpc) is 2.06. The normalized spacial score (nSPS) is 23.3. The van der Waals surface area contributed by atoms with Gasteiger partial charge in [-0.05, 0) is 6.42 Å². The smallest absolute Gasteiger partial charge is 0.407 e. The SMILES string of the molecule is C=CB1OCC(C)(CC)CO1. The Hall–Kier alpha value is -0.275. The Morgan fingerprint density at radius 2 is 2.09 bits per heavy atom. The van der Waals surface area contributed by atoms with Crippen molar-refractivity contribution in [2.24, 2.45) is 5.41 Å². The van der Waals surface area contributed by atoms with Gasteiger partial charge in [0.2, 0.25) is 0 Å². The van der Waals surface area contributed by atoms with Crippen LogP contribution in [0.5, 0.6) is 0 Å². The van der Waals surface area contributed by atoms with Crippen LogP contribution < -0.4 is 0 Å². The van der Waals surface area contributed by atoms with E-state index in [1.165, 1.54) is 0 Å². The highest BCUT2D eigenvalue weighted by atomic mass is 16.6. The van der Waals surface area contributed by atoms with Gasteiger partial charge in [-0.25, -0.2) is 0 Å². The second-order valence-corrected chi connectivity index (χ2v) is 3.39. The Kier molecular flexibility index (Phi) is 2.74. The van der Waals surface area contributed by atoms with Crippen LogP contribution in [-0.2, 0) is 9.31 Å². The molecule has 0 amide bonds. The van der Waals surface area contributed by atoms with Gasteiger partial charge in [-0.15, -0.1) is 6.58 Å². The highest BCUT2D eigenvalue weighted by Crippen LogP contribution is 2.26. The van der Waals surface area contributed by atoms with Crippen molar-refractivity contribution in [2.45, 2.75) is 20.3 Å². The lowest BCUT2D eigenvalue weighted by Crippen LogP contribution is -2.41. The van der Waals surface area contributed by atoms with Crippen molar-refractivity contribution in [3.05, 3.63) is 12.6 Å². The average molecular weight is 154 g/mol. The molecule has 3 heteroatoms. The van der Waals surface area contributed by atoms with E-state index in [4.69, 9.17) is 9.31 Å². The minimum Gasteiger partial charge on any atom is -0.407 e. The van der Waals surface area contributed by atoms with E-state index >= 15 is 0 Å². The van der Waals surface area contributed by atoms with E-state index in [1.54, 1.807) is 5.98 Å². The topological polar surface area (TPSA) is 18.5 Å². The molecule has 0 unspecified atom stereocenters. The Bertz CT molecular complexity index is 139. The molecule has 0 saturated carbocycles. The third-order valence-corrected chi connectivity index (χ3v) is 2.24. The quantitative estimate of drug-likeness (QED) is 0.563. The Balaban J connectivity index is 2.40. The molecule has 0 bridgehead atoms. The highest BCUT2D eigenvalue weighted by molar-refractivity contribution is 6.50. The van der Waals surface area contributed by atoms with E-state index in [0.29, 0.717) is 0 Å². The molecule has 1 rings (SSSR count). The molecule has 11 heavy (non-hydrogen) atoms. The van der Waals surface area contributed by atoms with Crippen molar-refractivity contribution in [1.29, 1.82) is 0 Å². The first-order valence-electron chi connectivity index (χ1n) is 4.06. The van der Waals surface area contributed by atoms with Crippen molar-refractivity contribution in [3.8, 4) is 0 Å². The van der Waals surface area contributed by atoms with Gasteiger partial charge >= 0.3 is 7.12 Å². The van der Waals surface area contributed by atoms with Crippen LogP contribution in [0.3, 0.4) is 0 Å². The molecule has 0 radical (unpaired) electrons. The van der Waals surface area contributed by atoms with Gasteiger partial charge in [0.05, 0.1) is 0 Å². The zero-order valence-electron chi connectivity index (χ0n) is 7.30. The molecular weight excluding hydrogens is 139 g/mol. The van der Waals surface area contributed by atoms with Crippen LogP contribution in [0.4, 0.5) is 0 Å². The zero-order valence-corrected chi connectivity index (χ0v) is 7.30. The summed E-state index contributed by atoms with van der Waals surface area (Å²) in [6.45, 7) is 9.49. The molecule has 1 fully saturated rings.